The normalized spacial score (nSPS) is 11.9. The highest BCUT2D eigenvalue weighted by atomic mass is 32.2. The third-order valence-electron chi connectivity index (χ3n) is 4.64. The zero-order valence-electron chi connectivity index (χ0n) is 15.9. The number of hydrogen-bond acceptors (Lipinski definition) is 4. The quantitative estimate of drug-likeness (QED) is 0.435. The van der Waals surface area contributed by atoms with Crippen LogP contribution >= 0.6 is 11.8 Å². The van der Waals surface area contributed by atoms with Gasteiger partial charge < -0.3 is 5.32 Å². The van der Waals surface area contributed by atoms with Gasteiger partial charge in [0.05, 0.1) is 16.8 Å². The van der Waals surface area contributed by atoms with Crippen LogP contribution in [0.15, 0.2) is 59.8 Å². The number of rotatable bonds is 5. The van der Waals surface area contributed by atoms with Crippen LogP contribution in [0.1, 0.15) is 17.5 Å². The van der Waals surface area contributed by atoms with Crippen LogP contribution in [0.2, 0.25) is 0 Å². The number of para-hydroxylation sites is 2. The summed E-state index contributed by atoms with van der Waals surface area (Å²) in [5, 5.41) is 12.5. The molecule has 2 heterocycles. The van der Waals surface area contributed by atoms with Crippen molar-refractivity contribution in [3.63, 3.8) is 0 Å². The number of aromatic nitrogens is 3. The Kier molecular flexibility index (Phi) is 5.38. The molecule has 0 spiro atoms. The van der Waals surface area contributed by atoms with Crippen molar-refractivity contribution < 1.29 is 18.0 Å². The molecule has 9 heteroatoms. The van der Waals surface area contributed by atoms with E-state index in [1.54, 1.807) is 0 Å². The molecule has 2 aromatic heterocycles. The van der Waals surface area contributed by atoms with E-state index in [4.69, 9.17) is 0 Å². The highest BCUT2D eigenvalue weighted by molar-refractivity contribution is 7.99. The van der Waals surface area contributed by atoms with Crippen LogP contribution in [-0.2, 0) is 11.0 Å². The molecule has 0 fully saturated rings. The van der Waals surface area contributed by atoms with Gasteiger partial charge in [0.25, 0.3) is 0 Å². The van der Waals surface area contributed by atoms with Crippen molar-refractivity contribution in [2.24, 2.45) is 0 Å². The molecular weight excluding hydrogens is 413 g/mol. The number of carbonyl (C=O) groups is 1. The van der Waals surface area contributed by atoms with Gasteiger partial charge in [-0.25, -0.2) is 0 Å². The summed E-state index contributed by atoms with van der Waals surface area (Å²) in [5.41, 5.74) is 1.65. The Morgan fingerprint density at radius 3 is 2.63 bits per heavy atom. The molecule has 4 rings (SSSR count). The lowest BCUT2D eigenvalue weighted by molar-refractivity contribution is -0.137. The third-order valence-corrected chi connectivity index (χ3v) is 5.57. The minimum atomic E-state index is -4.53. The number of alkyl halides is 3. The predicted octanol–water partition coefficient (Wildman–Crippen LogP) is 5.33. The monoisotopic (exact) mass is 430 g/mol. The lowest BCUT2D eigenvalue weighted by atomic mass is 10.1. The van der Waals surface area contributed by atoms with E-state index in [2.05, 4.69) is 15.5 Å². The molecule has 0 saturated heterocycles. The van der Waals surface area contributed by atoms with Gasteiger partial charge in [-0.3, -0.25) is 9.20 Å². The maximum atomic E-state index is 13.1. The number of aryl methyl sites for hydroxylation is 1. The second-order valence-electron chi connectivity index (χ2n) is 6.71. The van der Waals surface area contributed by atoms with Crippen LogP contribution in [0, 0.1) is 6.92 Å². The predicted molar refractivity (Wildman–Crippen MR) is 111 cm³/mol. The molecular formula is C21H17F3N4OS. The lowest BCUT2D eigenvalue weighted by Gasteiger charge is -2.13. The third kappa shape index (κ3) is 3.97. The van der Waals surface area contributed by atoms with E-state index in [1.807, 2.05) is 41.7 Å². The molecule has 0 aliphatic heterocycles. The molecule has 0 aliphatic carbocycles. The van der Waals surface area contributed by atoms with Crippen molar-refractivity contribution >= 4 is 39.9 Å². The zero-order valence-corrected chi connectivity index (χ0v) is 16.7. The summed E-state index contributed by atoms with van der Waals surface area (Å²) in [4.78, 5) is 12.2. The smallest absolute Gasteiger partial charge is 0.325 e. The molecule has 0 radical (unpaired) electrons. The van der Waals surface area contributed by atoms with Crippen molar-refractivity contribution in [2.75, 3.05) is 11.1 Å². The highest BCUT2D eigenvalue weighted by Gasteiger charge is 2.33. The van der Waals surface area contributed by atoms with E-state index in [0.717, 1.165) is 22.5 Å². The van der Waals surface area contributed by atoms with Gasteiger partial charge in [-0.2, -0.15) is 13.2 Å². The summed E-state index contributed by atoms with van der Waals surface area (Å²) in [6.45, 7) is 2.01. The molecule has 1 N–H and O–H groups in total. The van der Waals surface area contributed by atoms with E-state index in [0.29, 0.717) is 16.6 Å². The fourth-order valence-corrected chi connectivity index (χ4v) is 4.14. The Hall–Kier alpha value is -3.07. The number of pyridine rings is 1. The first-order chi connectivity index (χ1) is 14.3. The fraction of sp³-hybridized carbons (Fsp3) is 0.190. The van der Waals surface area contributed by atoms with Gasteiger partial charge in [0.1, 0.15) is 0 Å². The first-order valence-corrected chi connectivity index (χ1v) is 10.2. The van der Waals surface area contributed by atoms with Crippen LogP contribution < -0.4 is 5.32 Å². The number of amides is 1. The summed E-state index contributed by atoms with van der Waals surface area (Å²) < 4.78 is 41.1. The number of nitrogens with one attached hydrogen (secondary N) is 1. The van der Waals surface area contributed by atoms with E-state index in [1.165, 1.54) is 30.0 Å². The standard InChI is InChI=1S/C21H17F3N4OS/c1-13-12-18-26-27-20(28(18)17-9-5-2-6-14(13)17)30-11-10-19(29)25-16-8-4-3-7-15(16)21(22,23)24/h2-9,12H,10-11H2,1H3,(H,25,29). The molecule has 0 unspecified atom stereocenters. The molecule has 0 atom stereocenters. The Labute approximate surface area is 174 Å². The lowest BCUT2D eigenvalue weighted by Crippen LogP contribution is -2.16. The van der Waals surface area contributed by atoms with Crippen LogP contribution in [0.25, 0.3) is 16.6 Å². The van der Waals surface area contributed by atoms with Crippen molar-refractivity contribution in [1.29, 1.82) is 0 Å². The molecule has 5 nitrogen and oxygen atoms in total. The van der Waals surface area contributed by atoms with Gasteiger partial charge >= 0.3 is 6.18 Å². The van der Waals surface area contributed by atoms with Crippen molar-refractivity contribution in [2.45, 2.75) is 24.7 Å². The van der Waals surface area contributed by atoms with Gasteiger partial charge in [-0.15, -0.1) is 10.2 Å². The van der Waals surface area contributed by atoms with Gasteiger partial charge in [0.2, 0.25) is 5.91 Å². The van der Waals surface area contributed by atoms with Crippen molar-refractivity contribution in [3.05, 3.63) is 65.7 Å². The molecule has 0 bridgehead atoms. The van der Waals surface area contributed by atoms with Gasteiger partial charge in [0, 0.05) is 17.6 Å². The van der Waals surface area contributed by atoms with Crippen LogP contribution in [0.3, 0.4) is 0 Å². The Morgan fingerprint density at radius 1 is 1.10 bits per heavy atom. The van der Waals surface area contributed by atoms with E-state index >= 15 is 0 Å². The van der Waals surface area contributed by atoms with Crippen LogP contribution in [-0.4, -0.2) is 26.3 Å². The largest absolute Gasteiger partial charge is 0.418 e. The molecule has 0 saturated carbocycles. The fourth-order valence-electron chi connectivity index (χ4n) is 3.26. The molecule has 1 amide bonds. The number of thioether (sulfide) groups is 1. The second kappa shape index (κ2) is 7.98. The number of benzene rings is 2. The van der Waals surface area contributed by atoms with E-state index in [9.17, 15) is 18.0 Å². The topological polar surface area (TPSA) is 59.3 Å². The highest BCUT2D eigenvalue weighted by Crippen LogP contribution is 2.34. The average molecular weight is 430 g/mol. The Balaban J connectivity index is 1.47. The van der Waals surface area contributed by atoms with Gasteiger partial charge in [0.15, 0.2) is 10.8 Å². The summed E-state index contributed by atoms with van der Waals surface area (Å²) >= 11 is 1.33. The molecule has 2 aromatic carbocycles. The molecule has 0 aliphatic rings. The van der Waals surface area contributed by atoms with Gasteiger partial charge in [-0.05, 0) is 36.8 Å². The van der Waals surface area contributed by atoms with Crippen LogP contribution in [0.4, 0.5) is 18.9 Å². The summed E-state index contributed by atoms with van der Waals surface area (Å²) in [5.74, 6) is -0.142. The van der Waals surface area contributed by atoms with E-state index in [-0.39, 0.29) is 12.1 Å². The maximum absolute atomic E-state index is 13.1. The second-order valence-corrected chi connectivity index (χ2v) is 7.77. The Bertz CT molecular complexity index is 1240. The number of anilines is 1. The first-order valence-electron chi connectivity index (χ1n) is 9.17. The number of halogens is 3. The van der Waals surface area contributed by atoms with Crippen LogP contribution in [0.5, 0.6) is 0 Å². The zero-order chi connectivity index (χ0) is 21.3. The van der Waals surface area contributed by atoms with Crippen molar-refractivity contribution in [1.82, 2.24) is 14.6 Å². The minimum absolute atomic E-state index is 0.0373. The number of hydrogen-bond donors (Lipinski definition) is 1. The summed E-state index contributed by atoms with van der Waals surface area (Å²) in [6.07, 6.45) is -4.49. The molecule has 4 aromatic rings. The van der Waals surface area contributed by atoms with Gasteiger partial charge in [-0.1, -0.05) is 42.1 Å². The first kappa shape index (κ1) is 20.2. The van der Waals surface area contributed by atoms with Crippen molar-refractivity contribution in [3.8, 4) is 0 Å². The maximum Gasteiger partial charge on any atom is 0.418 e. The Morgan fingerprint density at radius 2 is 1.83 bits per heavy atom. The minimum Gasteiger partial charge on any atom is -0.325 e. The SMILES string of the molecule is Cc1cc2nnc(SCCC(=O)Nc3ccccc3C(F)(F)F)n2c2ccccc12. The number of fused-ring (bicyclic) bond motifs is 3. The summed E-state index contributed by atoms with van der Waals surface area (Å²) in [7, 11) is 0. The summed E-state index contributed by atoms with van der Waals surface area (Å²) in [6, 6.07) is 14.8. The average Bonchev–Trinajstić information content (AvgIpc) is 3.10. The number of nitrogens with zero attached hydrogens (tertiary/aromatic N) is 3. The molecule has 154 valence electrons. The van der Waals surface area contributed by atoms with E-state index < -0.39 is 17.6 Å². The molecule has 30 heavy (non-hydrogen) atoms. The number of carbonyl (C=O) groups excluding carboxylic acids is 1.